The predicted octanol–water partition coefficient (Wildman–Crippen LogP) is 3.89. The van der Waals surface area contributed by atoms with E-state index in [1.54, 1.807) is 0 Å². The molecule has 0 atom stereocenters. The molecule has 0 radical (unpaired) electrons. The molecule has 3 aromatic rings. The Bertz CT molecular complexity index is 733. The summed E-state index contributed by atoms with van der Waals surface area (Å²) < 4.78 is 1.93. The zero-order valence-corrected chi connectivity index (χ0v) is 12.1. The SMILES string of the molecule is CCc1ccc(Cl)c(CCn2nnc3ccccc32)c1. The van der Waals surface area contributed by atoms with Crippen molar-refractivity contribution < 1.29 is 0 Å². The summed E-state index contributed by atoms with van der Waals surface area (Å²) in [6.07, 6.45) is 1.89. The summed E-state index contributed by atoms with van der Waals surface area (Å²) in [6.45, 7) is 2.94. The first-order chi connectivity index (χ1) is 9.78. The fourth-order valence-corrected chi connectivity index (χ4v) is 2.56. The maximum absolute atomic E-state index is 6.27. The second-order valence-corrected chi connectivity index (χ2v) is 5.24. The first-order valence-corrected chi connectivity index (χ1v) is 7.21. The van der Waals surface area contributed by atoms with Crippen molar-refractivity contribution in [3.63, 3.8) is 0 Å². The molecule has 4 heteroatoms. The molecule has 20 heavy (non-hydrogen) atoms. The summed E-state index contributed by atoms with van der Waals surface area (Å²) in [6, 6.07) is 14.2. The highest BCUT2D eigenvalue weighted by Crippen LogP contribution is 2.20. The zero-order chi connectivity index (χ0) is 13.9. The Kier molecular flexibility index (Phi) is 3.70. The lowest BCUT2D eigenvalue weighted by Crippen LogP contribution is -2.04. The van der Waals surface area contributed by atoms with Crippen molar-refractivity contribution in [3.05, 3.63) is 58.6 Å². The maximum atomic E-state index is 6.27. The van der Waals surface area contributed by atoms with E-state index in [9.17, 15) is 0 Å². The van der Waals surface area contributed by atoms with Crippen molar-refractivity contribution in [2.45, 2.75) is 26.3 Å². The van der Waals surface area contributed by atoms with Crippen molar-refractivity contribution in [1.29, 1.82) is 0 Å². The first-order valence-electron chi connectivity index (χ1n) is 6.83. The van der Waals surface area contributed by atoms with Crippen LogP contribution in [-0.4, -0.2) is 15.0 Å². The van der Waals surface area contributed by atoms with Crippen molar-refractivity contribution in [2.24, 2.45) is 0 Å². The molecule has 0 aliphatic rings. The van der Waals surface area contributed by atoms with Crippen molar-refractivity contribution in [3.8, 4) is 0 Å². The predicted molar refractivity (Wildman–Crippen MR) is 82.1 cm³/mol. The molecule has 0 fully saturated rings. The van der Waals surface area contributed by atoms with Crippen LogP contribution in [0.2, 0.25) is 5.02 Å². The van der Waals surface area contributed by atoms with Gasteiger partial charge in [-0.1, -0.05) is 48.0 Å². The van der Waals surface area contributed by atoms with Gasteiger partial charge in [-0.15, -0.1) is 5.10 Å². The number of aromatic nitrogens is 3. The van der Waals surface area contributed by atoms with Gasteiger partial charge in [0.2, 0.25) is 0 Å². The maximum Gasteiger partial charge on any atom is 0.113 e. The third-order valence-corrected chi connectivity index (χ3v) is 3.90. The third kappa shape index (κ3) is 2.54. The van der Waals surface area contributed by atoms with E-state index in [1.165, 1.54) is 11.1 Å². The van der Waals surface area contributed by atoms with Gasteiger partial charge >= 0.3 is 0 Å². The van der Waals surface area contributed by atoms with Crippen LogP contribution in [0.25, 0.3) is 11.0 Å². The molecule has 3 nitrogen and oxygen atoms in total. The van der Waals surface area contributed by atoms with Gasteiger partial charge in [-0.05, 0) is 42.2 Å². The molecule has 0 saturated heterocycles. The van der Waals surface area contributed by atoms with Gasteiger partial charge in [0.05, 0.1) is 5.52 Å². The lowest BCUT2D eigenvalue weighted by molar-refractivity contribution is 0.606. The summed E-state index contributed by atoms with van der Waals surface area (Å²) in [5.41, 5.74) is 4.48. The number of fused-ring (bicyclic) bond motifs is 1. The number of aryl methyl sites for hydroxylation is 3. The molecular weight excluding hydrogens is 270 g/mol. The molecule has 0 bridgehead atoms. The summed E-state index contributed by atoms with van der Waals surface area (Å²) in [7, 11) is 0. The molecule has 0 N–H and O–H groups in total. The second-order valence-electron chi connectivity index (χ2n) is 4.83. The van der Waals surface area contributed by atoms with Crippen LogP contribution in [0.1, 0.15) is 18.1 Å². The van der Waals surface area contributed by atoms with Crippen LogP contribution in [0.15, 0.2) is 42.5 Å². The van der Waals surface area contributed by atoms with Crippen LogP contribution in [0.5, 0.6) is 0 Å². The number of hydrogen-bond acceptors (Lipinski definition) is 2. The summed E-state index contributed by atoms with van der Waals surface area (Å²) in [5.74, 6) is 0. The third-order valence-electron chi connectivity index (χ3n) is 3.53. The molecule has 102 valence electrons. The van der Waals surface area contributed by atoms with E-state index in [-0.39, 0.29) is 0 Å². The molecule has 0 spiro atoms. The first kappa shape index (κ1) is 13.1. The summed E-state index contributed by atoms with van der Waals surface area (Å²) >= 11 is 6.27. The number of halogens is 1. The van der Waals surface area contributed by atoms with Gasteiger partial charge in [0.25, 0.3) is 0 Å². The van der Waals surface area contributed by atoms with E-state index >= 15 is 0 Å². The van der Waals surface area contributed by atoms with Gasteiger partial charge in [0.1, 0.15) is 5.52 Å². The molecule has 0 aliphatic heterocycles. The Hall–Kier alpha value is -1.87. The average Bonchev–Trinajstić information content (AvgIpc) is 2.90. The van der Waals surface area contributed by atoms with Crippen LogP contribution in [0.4, 0.5) is 0 Å². The molecule has 0 aliphatic carbocycles. The fourth-order valence-electron chi connectivity index (χ4n) is 2.35. The molecule has 0 saturated carbocycles. The fraction of sp³-hybridized carbons (Fsp3) is 0.250. The van der Waals surface area contributed by atoms with Crippen molar-refractivity contribution in [2.75, 3.05) is 0 Å². The Morgan fingerprint density at radius 2 is 2.00 bits per heavy atom. The minimum atomic E-state index is 0.785. The number of benzene rings is 2. The topological polar surface area (TPSA) is 30.7 Å². The van der Waals surface area contributed by atoms with Gasteiger partial charge in [-0.2, -0.15) is 0 Å². The highest BCUT2D eigenvalue weighted by atomic mass is 35.5. The smallest absolute Gasteiger partial charge is 0.113 e. The zero-order valence-electron chi connectivity index (χ0n) is 11.4. The quantitative estimate of drug-likeness (QED) is 0.728. The number of nitrogens with zero attached hydrogens (tertiary/aromatic N) is 3. The number of rotatable bonds is 4. The second kappa shape index (κ2) is 5.63. The minimum absolute atomic E-state index is 0.785. The van der Waals surface area contributed by atoms with Crippen LogP contribution < -0.4 is 0 Å². The monoisotopic (exact) mass is 285 g/mol. The molecule has 3 rings (SSSR count). The minimum Gasteiger partial charge on any atom is -0.244 e. The van der Waals surface area contributed by atoms with Gasteiger partial charge in [0.15, 0.2) is 0 Å². The van der Waals surface area contributed by atoms with E-state index in [1.807, 2.05) is 35.0 Å². The van der Waals surface area contributed by atoms with Crippen molar-refractivity contribution in [1.82, 2.24) is 15.0 Å². The normalized spacial score (nSPS) is 11.1. The van der Waals surface area contributed by atoms with E-state index in [0.717, 1.165) is 35.4 Å². The highest BCUT2D eigenvalue weighted by molar-refractivity contribution is 6.31. The largest absolute Gasteiger partial charge is 0.244 e. The van der Waals surface area contributed by atoms with Crippen LogP contribution in [0, 0.1) is 0 Å². The number of para-hydroxylation sites is 1. The lowest BCUT2D eigenvalue weighted by Gasteiger charge is -2.07. The average molecular weight is 286 g/mol. The number of hydrogen-bond donors (Lipinski definition) is 0. The Balaban J connectivity index is 1.83. The van der Waals surface area contributed by atoms with E-state index in [4.69, 9.17) is 11.6 Å². The standard InChI is InChI=1S/C16H16ClN3/c1-2-12-7-8-14(17)13(11-12)9-10-20-16-6-4-3-5-15(16)18-19-20/h3-8,11H,2,9-10H2,1H3. The van der Waals surface area contributed by atoms with Gasteiger partial charge in [-0.3, -0.25) is 0 Å². The Morgan fingerprint density at radius 3 is 2.85 bits per heavy atom. The van der Waals surface area contributed by atoms with E-state index < -0.39 is 0 Å². The lowest BCUT2D eigenvalue weighted by atomic mass is 10.1. The Labute approximate surface area is 123 Å². The molecule has 0 amide bonds. The Morgan fingerprint density at radius 1 is 1.15 bits per heavy atom. The van der Waals surface area contributed by atoms with Crippen molar-refractivity contribution >= 4 is 22.6 Å². The van der Waals surface area contributed by atoms with E-state index in [0.29, 0.717) is 0 Å². The summed E-state index contributed by atoms with van der Waals surface area (Å²) in [5, 5.41) is 9.20. The van der Waals surface area contributed by atoms with Gasteiger partial charge in [-0.25, -0.2) is 4.68 Å². The summed E-state index contributed by atoms with van der Waals surface area (Å²) in [4.78, 5) is 0. The molecular formula is C16H16ClN3. The van der Waals surface area contributed by atoms with E-state index in [2.05, 4.69) is 29.4 Å². The van der Waals surface area contributed by atoms with Gasteiger partial charge < -0.3 is 0 Å². The van der Waals surface area contributed by atoms with Crippen LogP contribution in [-0.2, 0) is 19.4 Å². The molecule has 2 aromatic carbocycles. The highest BCUT2D eigenvalue weighted by Gasteiger charge is 2.06. The van der Waals surface area contributed by atoms with Crippen LogP contribution >= 0.6 is 11.6 Å². The molecule has 1 heterocycles. The van der Waals surface area contributed by atoms with Gasteiger partial charge in [0, 0.05) is 11.6 Å². The molecule has 1 aromatic heterocycles. The molecule has 0 unspecified atom stereocenters. The van der Waals surface area contributed by atoms with Crippen LogP contribution in [0.3, 0.4) is 0 Å².